The zero-order chi connectivity index (χ0) is 12.4. The van der Waals surface area contributed by atoms with E-state index in [2.05, 4.69) is 21.5 Å². The van der Waals surface area contributed by atoms with E-state index in [-0.39, 0.29) is 5.57 Å². The average molecular weight is 235 g/mol. The predicted octanol–water partition coefficient (Wildman–Crippen LogP) is 3.18. The summed E-state index contributed by atoms with van der Waals surface area (Å²) in [5.74, 6) is 0. The number of H-pyrrole nitrogens is 1. The van der Waals surface area contributed by atoms with Crippen LogP contribution in [0.1, 0.15) is 12.6 Å². The van der Waals surface area contributed by atoms with Crippen LogP contribution in [0, 0.1) is 0 Å². The molecular formula is C12H11F2N3. The molecule has 2 aromatic rings. The number of nitrogens with one attached hydrogen (secondary N) is 1. The highest BCUT2D eigenvalue weighted by molar-refractivity contribution is 5.92. The average Bonchev–Trinajstić information content (AvgIpc) is 2.78. The number of aromatic amines is 1. The van der Waals surface area contributed by atoms with Gasteiger partial charge in [0.1, 0.15) is 12.0 Å². The summed E-state index contributed by atoms with van der Waals surface area (Å²) in [6.07, 6.45) is 2.03. The van der Waals surface area contributed by atoms with Crippen molar-refractivity contribution in [2.24, 2.45) is 0 Å². The molecule has 0 saturated carbocycles. The molecule has 17 heavy (non-hydrogen) atoms. The first-order valence-corrected chi connectivity index (χ1v) is 5.07. The maximum atomic E-state index is 12.7. The molecule has 0 aliphatic carbocycles. The first-order valence-electron chi connectivity index (χ1n) is 5.07. The van der Waals surface area contributed by atoms with Crippen LogP contribution in [0.25, 0.3) is 16.6 Å². The number of rotatable bonds is 3. The first-order chi connectivity index (χ1) is 8.15. The molecule has 0 bridgehead atoms. The molecule has 0 unspecified atom stereocenters. The summed E-state index contributed by atoms with van der Waals surface area (Å²) in [7, 11) is 0. The molecule has 0 aliphatic heterocycles. The van der Waals surface area contributed by atoms with E-state index < -0.39 is 6.43 Å². The van der Waals surface area contributed by atoms with Gasteiger partial charge >= 0.3 is 0 Å². The summed E-state index contributed by atoms with van der Waals surface area (Å²) >= 11 is 0. The van der Waals surface area contributed by atoms with E-state index in [4.69, 9.17) is 0 Å². The fourth-order valence-electron chi connectivity index (χ4n) is 1.68. The van der Waals surface area contributed by atoms with Gasteiger partial charge in [0.2, 0.25) is 0 Å². The fraction of sp³-hybridized carbons (Fsp3) is 0.167. The van der Waals surface area contributed by atoms with E-state index >= 15 is 0 Å². The van der Waals surface area contributed by atoms with Crippen LogP contribution in [-0.2, 0) is 0 Å². The minimum absolute atomic E-state index is 0.228. The lowest BCUT2D eigenvalue weighted by Gasteiger charge is -2.09. The summed E-state index contributed by atoms with van der Waals surface area (Å²) in [6, 6.07) is 1.76. The summed E-state index contributed by atoms with van der Waals surface area (Å²) in [6.45, 7) is 5.09. The molecule has 0 radical (unpaired) electrons. The molecular weight excluding hydrogens is 224 g/mol. The third-order valence-corrected chi connectivity index (χ3v) is 2.51. The highest BCUT2D eigenvalue weighted by Crippen LogP contribution is 2.29. The molecule has 0 atom stereocenters. The third kappa shape index (κ3) is 1.95. The Morgan fingerprint density at radius 1 is 1.47 bits per heavy atom. The quantitative estimate of drug-likeness (QED) is 0.830. The zero-order valence-electron chi connectivity index (χ0n) is 9.24. The van der Waals surface area contributed by atoms with E-state index in [0.717, 1.165) is 0 Å². The van der Waals surface area contributed by atoms with Gasteiger partial charge in [0.25, 0.3) is 6.43 Å². The molecule has 88 valence electrons. The topological polar surface area (TPSA) is 41.6 Å². The molecule has 0 aliphatic rings. The zero-order valence-corrected chi connectivity index (χ0v) is 9.24. The lowest BCUT2D eigenvalue weighted by Crippen LogP contribution is -2.01. The van der Waals surface area contributed by atoms with Crippen LogP contribution < -0.4 is 0 Å². The minimum atomic E-state index is -2.59. The molecule has 5 heteroatoms. The van der Waals surface area contributed by atoms with Gasteiger partial charge in [0.15, 0.2) is 0 Å². The Labute approximate surface area is 96.9 Å². The van der Waals surface area contributed by atoms with Crippen molar-refractivity contribution in [3.8, 4) is 0 Å². The van der Waals surface area contributed by atoms with Gasteiger partial charge in [0.05, 0.1) is 5.69 Å². The predicted molar refractivity (Wildman–Crippen MR) is 62.7 cm³/mol. The van der Waals surface area contributed by atoms with Crippen molar-refractivity contribution < 1.29 is 8.78 Å². The molecule has 3 nitrogen and oxygen atoms in total. The molecule has 0 fully saturated rings. The summed E-state index contributed by atoms with van der Waals surface area (Å²) < 4.78 is 25.4. The lowest BCUT2D eigenvalue weighted by molar-refractivity contribution is 0.196. The van der Waals surface area contributed by atoms with Gasteiger partial charge < -0.3 is 4.98 Å². The normalized spacial score (nSPS) is 12.4. The van der Waals surface area contributed by atoms with Crippen molar-refractivity contribution in [3.05, 3.63) is 42.5 Å². The van der Waals surface area contributed by atoms with Gasteiger partial charge in [0, 0.05) is 22.7 Å². The monoisotopic (exact) mass is 235 g/mol. The second kappa shape index (κ2) is 4.45. The Morgan fingerprint density at radius 2 is 2.24 bits per heavy atom. The molecule has 0 saturated heterocycles. The smallest absolute Gasteiger partial charge is 0.263 e. The molecule has 0 spiro atoms. The minimum Gasteiger partial charge on any atom is -0.346 e. The Bertz CT molecular complexity index is 584. The first kappa shape index (κ1) is 11.4. The van der Waals surface area contributed by atoms with Crippen molar-refractivity contribution in [1.29, 1.82) is 0 Å². The molecule has 2 heterocycles. The molecule has 0 aromatic carbocycles. The van der Waals surface area contributed by atoms with Crippen LogP contribution in [0.5, 0.6) is 0 Å². The maximum Gasteiger partial charge on any atom is 0.263 e. The van der Waals surface area contributed by atoms with Gasteiger partial charge in [-0.3, -0.25) is 0 Å². The summed E-state index contributed by atoms with van der Waals surface area (Å²) in [4.78, 5) is 11.0. The van der Waals surface area contributed by atoms with Crippen LogP contribution in [0.15, 0.2) is 36.8 Å². The van der Waals surface area contributed by atoms with Crippen molar-refractivity contribution >= 4 is 16.6 Å². The van der Waals surface area contributed by atoms with E-state index in [0.29, 0.717) is 22.3 Å². The largest absolute Gasteiger partial charge is 0.346 e. The maximum absolute atomic E-state index is 12.7. The number of nitrogens with zero attached hydrogens (tertiary/aromatic N) is 2. The van der Waals surface area contributed by atoms with Crippen molar-refractivity contribution in [2.75, 3.05) is 0 Å². The second-order valence-electron chi connectivity index (χ2n) is 3.49. The molecule has 2 rings (SSSR count). The highest BCUT2D eigenvalue weighted by Gasteiger charge is 2.18. The number of halogens is 2. The number of hydrogen-bond donors (Lipinski definition) is 1. The highest BCUT2D eigenvalue weighted by atomic mass is 19.3. The Morgan fingerprint density at radius 3 is 2.88 bits per heavy atom. The van der Waals surface area contributed by atoms with Crippen molar-refractivity contribution in [3.63, 3.8) is 0 Å². The SMILES string of the molecule is C=C(/C(=C\C)c1ncnc2[nH]ccc12)C(F)F. The van der Waals surface area contributed by atoms with E-state index in [9.17, 15) is 8.78 Å². The standard InChI is InChI=1S/C12H11F2N3/c1-3-8(7(2)11(13)14)10-9-4-5-15-12(9)17-6-16-10/h3-6,11H,2H2,1H3,(H,15,16,17)/b8-3+. The Hall–Kier alpha value is -2.04. The molecule has 0 amide bonds. The lowest BCUT2D eigenvalue weighted by atomic mass is 10.0. The van der Waals surface area contributed by atoms with E-state index in [1.165, 1.54) is 6.33 Å². The van der Waals surface area contributed by atoms with Crippen LogP contribution in [0.4, 0.5) is 8.78 Å². The van der Waals surface area contributed by atoms with E-state index in [1.54, 1.807) is 25.3 Å². The van der Waals surface area contributed by atoms with Crippen LogP contribution in [0.2, 0.25) is 0 Å². The van der Waals surface area contributed by atoms with Crippen LogP contribution in [0.3, 0.4) is 0 Å². The summed E-state index contributed by atoms with van der Waals surface area (Å²) in [5.41, 5.74) is 1.22. The fourth-order valence-corrected chi connectivity index (χ4v) is 1.68. The van der Waals surface area contributed by atoms with Gasteiger partial charge in [-0.15, -0.1) is 0 Å². The molecule has 2 aromatic heterocycles. The van der Waals surface area contributed by atoms with Gasteiger partial charge in [-0.05, 0) is 13.0 Å². The molecule has 1 N–H and O–H groups in total. The van der Waals surface area contributed by atoms with E-state index in [1.807, 2.05) is 0 Å². The summed E-state index contributed by atoms with van der Waals surface area (Å²) in [5, 5.41) is 0.711. The van der Waals surface area contributed by atoms with Crippen molar-refractivity contribution in [2.45, 2.75) is 13.3 Å². The van der Waals surface area contributed by atoms with Crippen LogP contribution >= 0.6 is 0 Å². The second-order valence-corrected chi connectivity index (χ2v) is 3.49. The van der Waals surface area contributed by atoms with Gasteiger partial charge in [-0.1, -0.05) is 12.7 Å². The van der Waals surface area contributed by atoms with Gasteiger partial charge in [-0.25, -0.2) is 18.7 Å². The Kier molecular flexibility index (Phi) is 2.99. The Balaban J connectivity index is 2.59. The number of fused-ring (bicyclic) bond motifs is 1. The number of alkyl halides is 2. The number of allylic oxidation sites excluding steroid dienone is 3. The number of aromatic nitrogens is 3. The van der Waals surface area contributed by atoms with Crippen LogP contribution in [-0.4, -0.2) is 21.4 Å². The third-order valence-electron chi connectivity index (χ3n) is 2.51. The number of hydrogen-bond acceptors (Lipinski definition) is 2. The van der Waals surface area contributed by atoms with Crippen molar-refractivity contribution in [1.82, 2.24) is 15.0 Å². The van der Waals surface area contributed by atoms with Gasteiger partial charge in [-0.2, -0.15) is 0 Å².